The summed E-state index contributed by atoms with van der Waals surface area (Å²) in [6, 6.07) is 9.79. The average molecular weight is 439 g/mol. The number of carbonyl (C=O) groups excluding carboxylic acids is 2. The number of nitro benzene ring substituents is 1. The van der Waals surface area contributed by atoms with Crippen molar-refractivity contribution >= 4 is 23.1 Å². The summed E-state index contributed by atoms with van der Waals surface area (Å²) in [5.74, 6) is -1.21. The third-order valence-corrected chi connectivity index (χ3v) is 5.44. The number of non-ortho nitro benzene ring substituents is 1. The lowest BCUT2D eigenvalue weighted by molar-refractivity contribution is -0.384. The van der Waals surface area contributed by atoms with Crippen LogP contribution < -0.4 is 4.74 Å². The van der Waals surface area contributed by atoms with Gasteiger partial charge in [-0.25, -0.2) is 0 Å². The first-order valence-electron chi connectivity index (χ1n) is 9.98. The molecule has 0 aromatic heterocycles. The number of carbonyl (C=O) groups is 2. The summed E-state index contributed by atoms with van der Waals surface area (Å²) in [5.41, 5.74) is 1.43. The van der Waals surface area contributed by atoms with E-state index in [4.69, 9.17) is 4.74 Å². The van der Waals surface area contributed by atoms with Crippen molar-refractivity contribution in [3.63, 3.8) is 0 Å². The summed E-state index contributed by atoms with van der Waals surface area (Å²) in [5, 5.41) is 22.2. The van der Waals surface area contributed by atoms with Gasteiger partial charge in [0.1, 0.15) is 11.5 Å². The van der Waals surface area contributed by atoms with Gasteiger partial charge in [-0.05, 0) is 62.5 Å². The highest BCUT2D eigenvalue weighted by Crippen LogP contribution is 2.40. The van der Waals surface area contributed by atoms with Gasteiger partial charge in [0.2, 0.25) is 0 Å². The van der Waals surface area contributed by atoms with Gasteiger partial charge in [-0.15, -0.1) is 0 Å². The zero-order valence-corrected chi connectivity index (χ0v) is 18.4. The van der Waals surface area contributed by atoms with Crippen molar-refractivity contribution in [2.45, 2.75) is 13.0 Å². The normalized spacial score (nSPS) is 17.8. The maximum atomic E-state index is 13.0. The van der Waals surface area contributed by atoms with Gasteiger partial charge in [-0.1, -0.05) is 0 Å². The van der Waals surface area contributed by atoms with Crippen molar-refractivity contribution in [1.29, 1.82) is 0 Å². The summed E-state index contributed by atoms with van der Waals surface area (Å²) in [7, 11) is 5.22. The Bertz CT molecular complexity index is 1090. The summed E-state index contributed by atoms with van der Waals surface area (Å²) < 4.78 is 5.20. The molecular formula is C23H25N3O6. The number of Topliss-reactive ketones (excluding diaryl/α,β-unsaturated/α-hetero) is 1. The van der Waals surface area contributed by atoms with Crippen LogP contribution in [0.4, 0.5) is 5.69 Å². The van der Waals surface area contributed by atoms with Gasteiger partial charge in [-0.2, -0.15) is 0 Å². The first-order valence-corrected chi connectivity index (χ1v) is 9.98. The van der Waals surface area contributed by atoms with Crippen molar-refractivity contribution in [3.05, 3.63) is 74.8 Å². The second-order valence-electron chi connectivity index (χ2n) is 7.83. The fraction of sp³-hybridized carbons (Fsp3) is 0.304. The number of hydrogen-bond acceptors (Lipinski definition) is 7. The molecular weight excluding hydrogens is 414 g/mol. The van der Waals surface area contributed by atoms with Gasteiger partial charge in [0.15, 0.2) is 0 Å². The topological polar surface area (TPSA) is 113 Å². The number of ketones is 1. The number of nitro groups is 1. The Morgan fingerprint density at radius 3 is 2.38 bits per heavy atom. The van der Waals surface area contributed by atoms with E-state index in [1.165, 1.54) is 36.3 Å². The number of nitrogens with zero attached hydrogens (tertiary/aromatic N) is 3. The molecule has 168 valence electrons. The largest absolute Gasteiger partial charge is 0.507 e. The van der Waals surface area contributed by atoms with Crippen LogP contribution in [0, 0.1) is 17.0 Å². The van der Waals surface area contributed by atoms with Crippen LogP contribution in [-0.4, -0.2) is 65.8 Å². The predicted molar refractivity (Wildman–Crippen MR) is 118 cm³/mol. The van der Waals surface area contributed by atoms with E-state index >= 15 is 0 Å². The van der Waals surface area contributed by atoms with E-state index < -0.39 is 22.7 Å². The number of aliphatic hydroxyl groups is 1. The zero-order chi connectivity index (χ0) is 23.6. The molecule has 0 radical (unpaired) electrons. The third kappa shape index (κ3) is 4.33. The fourth-order valence-electron chi connectivity index (χ4n) is 3.72. The van der Waals surface area contributed by atoms with Gasteiger partial charge >= 0.3 is 0 Å². The Kier molecular flexibility index (Phi) is 6.59. The molecule has 9 nitrogen and oxygen atoms in total. The van der Waals surface area contributed by atoms with Gasteiger partial charge in [0, 0.05) is 30.8 Å². The molecule has 1 fully saturated rings. The molecule has 3 rings (SSSR count). The van der Waals surface area contributed by atoms with E-state index in [0.29, 0.717) is 29.0 Å². The zero-order valence-electron chi connectivity index (χ0n) is 18.4. The van der Waals surface area contributed by atoms with Gasteiger partial charge in [0.25, 0.3) is 17.4 Å². The summed E-state index contributed by atoms with van der Waals surface area (Å²) >= 11 is 0. The van der Waals surface area contributed by atoms with Crippen molar-refractivity contribution in [2.24, 2.45) is 0 Å². The molecule has 2 aromatic carbocycles. The van der Waals surface area contributed by atoms with Crippen molar-refractivity contribution in [1.82, 2.24) is 9.80 Å². The van der Waals surface area contributed by atoms with Gasteiger partial charge in [-0.3, -0.25) is 19.7 Å². The molecule has 0 bridgehead atoms. The highest BCUT2D eigenvalue weighted by atomic mass is 16.6. The number of hydrogen-bond donors (Lipinski definition) is 1. The molecule has 0 aliphatic carbocycles. The van der Waals surface area contributed by atoms with E-state index in [-0.39, 0.29) is 23.6 Å². The molecule has 1 aliphatic heterocycles. The molecule has 1 saturated heterocycles. The molecule has 1 atom stereocenters. The molecule has 1 heterocycles. The summed E-state index contributed by atoms with van der Waals surface area (Å²) in [6.45, 7) is 2.51. The lowest BCUT2D eigenvalue weighted by Gasteiger charge is -2.26. The van der Waals surface area contributed by atoms with Crippen molar-refractivity contribution < 1.29 is 24.4 Å². The Balaban J connectivity index is 2.16. The number of aryl methyl sites for hydroxylation is 1. The van der Waals surface area contributed by atoms with Crippen LogP contribution in [0.2, 0.25) is 0 Å². The smallest absolute Gasteiger partial charge is 0.295 e. The van der Waals surface area contributed by atoms with Crippen molar-refractivity contribution in [3.8, 4) is 5.75 Å². The van der Waals surface area contributed by atoms with Crippen LogP contribution in [0.3, 0.4) is 0 Å². The number of likely N-dealkylation sites (N-methyl/N-ethyl adjacent to an activating group) is 1. The van der Waals surface area contributed by atoms with E-state index in [1.54, 1.807) is 25.1 Å². The van der Waals surface area contributed by atoms with Crippen LogP contribution in [0.1, 0.15) is 22.7 Å². The number of amides is 1. The van der Waals surface area contributed by atoms with Crippen LogP contribution in [0.25, 0.3) is 5.76 Å². The van der Waals surface area contributed by atoms with Crippen LogP contribution in [0.5, 0.6) is 5.75 Å². The Hall–Kier alpha value is -3.72. The predicted octanol–water partition coefficient (Wildman–Crippen LogP) is 2.90. The maximum absolute atomic E-state index is 13.0. The van der Waals surface area contributed by atoms with Crippen molar-refractivity contribution in [2.75, 3.05) is 34.3 Å². The SMILES string of the molecule is COc1ccc(C(O)=C2C(=O)C(=O)N(CCN(C)C)[C@@H]2c2ccc([N+](=O)[O-])cc2)c(C)c1. The first kappa shape index (κ1) is 23.0. The first-order chi connectivity index (χ1) is 15.1. The van der Waals surface area contributed by atoms with E-state index in [2.05, 4.69) is 0 Å². The summed E-state index contributed by atoms with van der Waals surface area (Å²) in [6.07, 6.45) is 0. The number of benzene rings is 2. The molecule has 0 unspecified atom stereocenters. The average Bonchev–Trinajstić information content (AvgIpc) is 3.01. The molecule has 32 heavy (non-hydrogen) atoms. The minimum absolute atomic E-state index is 0.0455. The van der Waals surface area contributed by atoms with Crippen LogP contribution in [-0.2, 0) is 9.59 Å². The van der Waals surface area contributed by atoms with Crippen LogP contribution >= 0.6 is 0 Å². The number of likely N-dealkylation sites (tertiary alicyclic amines) is 1. The number of aliphatic hydroxyl groups excluding tert-OH is 1. The highest BCUT2D eigenvalue weighted by molar-refractivity contribution is 6.46. The van der Waals surface area contributed by atoms with Gasteiger partial charge < -0.3 is 19.6 Å². The maximum Gasteiger partial charge on any atom is 0.295 e. The molecule has 0 spiro atoms. The molecule has 0 saturated carbocycles. The molecule has 9 heteroatoms. The number of ether oxygens (including phenoxy) is 1. The molecule has 1 aliphatic rings. The second-order valence-corrected chi connectivity index (χ2v) is 7.83. The van der Waals surface area contributed by atoms with E-state index in [0.717, 1.165) is 0 Å². The second kappa shape index (κ2) is 9.19. The number of rotatable bonds is 7. The Labute approximate surface area is 185 Å². The summed E-state index contributed by atoms with van der Waals surface area (Å²) in [4.78, 5) is 39.7. The van der Waals surface area contributed by atoms with E-state index in [1.807, 2.05) is 19.0 Å². The number of methoxy groups -OCH3 is 1. The van der Waals surface area contributed by atoms with Gasteiger partial charge in [0.05, 0.1) is 23.6 Å². The molecule has 1 amide bonds. The Morgan fingerprint density at radius 2 is 1.84 bits per heavy atom. The molecule has 2 aromatic rings. The van der Waals surface area contributed by atoms with Crippen LogP contribution in [0.15, 0.2) is 48.0 Å². The highest BCUT2D eigenvalue weighted by Gasteiger charge is 2.46. The standard InChI is InChI=1S/C23H25N3O6/c1-14-13-17(32-4)9-10-18(14)21(27)19-20(15-5-7-16(8-6-15)26(30)31)25(12-11-24(2)3)23(29)22(19)28/h5-10,13,20,27H,11-12H2,1-4H3/t20-/m1/s1. The lowest BCUT2D eigenvalue weighted by atomic mass is 9.93. The quantitative estimate of drug-likeness (QED) is 0.232. The monoisotopic (exact) mass is 439 g/mol. The minimum atomic E-state index is -0.864. The van der Waals surface area contributed by atoms with E-state index in [9.17, 15) is 24.8 Å². The lowest BCUT2D eigenvalue weighted by Crippen LogP contribution is -2.35. The minimum Gasteiger partial charge on any atom is -0.507 e. The fourth-order valence-corrected chi connectivity index (χ4v) is 3.72. The Morgan fingerprint density at radius 1 is 1.19 bits per heavy atom. The molecule has 1 N–H and O–H groups in total. The third-order valence-electron chi connectivity index (χ3n) is 5.44.